The average Bonchev–Trinajstić information content (AvgIpc) is 2.87. The van der Waals surface area contributed by atoms with Crippen molar-refractivity contribution >= 4 is 38.8 Å². The van der Waals surface area contributed by atoms with E-state index in [0.29, 0.717) is 10.4 Å². The molecular formula is C11H9BrN2O2S. The van der Waals surface area contributed by atoms with Crippen LogP contribution in [-0.2, 0) is 7.05 Å². The van der Waals surface area contributed by atoms with Gasteiger partial charge in [-0.25, -0.2) is 0 Å². The van der Waals surface area contributed by atoms with E-state index < -0.39 is 0 Å². The summed E-state index contributed by atoms with van der Waals surface area (Å²) in [6.45, 7) is 0. The lowest BCUT2D eigenvalue weighted by Gasteiger charge is -1.95. The summed E-state index contributed by atoms with van der Waals surface area (Å²) in [5, 5.41) is 3.90. The summed E-state index contributed by atoms with van der Waals surface area (Å²) in [7, 11) is 1.73. The predicted octanol–water partition coefficient (Wildman–Crippen LogP) is 2.70. The molecule has 0 aliphatic heterocycles. The summed E-state index contributed by atoms with van der Waals surface area (Å²) >= 11 is 4.62. The Morgan fingerprint density at radius 3 is 2.71 bits per heavy atom. The van der Waals surface area contributed by atoms with Crippen LogP contribution in [-0.4, -0.2) is 21.3 Å². The van der Waals surface area contributed by atoms with Crippen molar-refractivity contribution < 1.29 is 9.59 Å². The normalized spacial score (nSPS) is 10.5. The minimum Gasteiger partial charge on any atom is -0.294 e. The lowest BCUT2D eigenvalue weighted by molar-refractivity contribution is 0.0896. The van der Waals surface area contributed by atoms with E-state index in [1.807, 2.05) is 0 Å². The minimum absolute atomic E-state index is 0.112. The first-order valence-corrected chi connectivity index (χ1v) is 6.47. The molecule has 0 aliphatic rings. The molecule has 88 valence electrons. The van der Waals surface area contributed by atoms with Crippen molar-refractivity contribution in [2.24, 2.45) is 7.05 Å². The zero-order chi connectivity index (χ0) is 12.4. The number of thiophene rings is 1. The molecule has 2 heterocycles. The number of ketones is 2. The average molecular weight is 313 g/mol. The lowest BCUT2D eigenvalue weighted by Crippen LogP contribution is -2.06. The van der Waals surface area contributed by atoms with Crippen LogP contribution in [0.3, 0.4) is 0 Å². The monoisotopic (exact) mass is 312 g/mol. The fourth-order valence-corrected chi connectivity index (χ4v) is 2.69. The van der Waals surface area contributed by atoms with Gasteiger partial charge in [0.25, 0.3) is 0 Å². The Hall–Kier alpha value is -1.27. The van der Waals surface area contributed by atoms with Gasteiger partial charge in [-0.05, 0) is 28.1 Å². The Bertz CT molecular complexity index is 523. The third-order valence-electron chi connectivity index (χ3n) is 2.20. The molecule has 0 aliphatic carbocycles. The fraction of sp³-hybridized carbons (Fsp3) is 0.182. The van der Waals surface area contributed by atoms with E-state index in [0.717, 1.165) is 3.79 Å². The molecule has 0 saturated heterocycles. The first kappa shape index (κ1) is 12.2. The van der Waals surface area contributed by atoms with E-state index in [1.54, 1.807) is 30.1 Å². The Morgan fingerprint density at radius 1 is 1.41 bits per heavy atom. The molecule has 0 unspecified atom stereocenters. The summed E-state index contributed by atoms with van der Waals surface area (Å²) < 4.78 is 2.43. The zero-order valence-electron chi connectivity index (χ0n) is 9.01. The first-order chi connectivity index (χ1) is 8.06. The summed E-state index contributed by atoms with van der Waals surface area (Å²) in [4.78, 5) is 24.1. The standard InChI is InChI=1S/C11H9BrN2O2S/c1-14-6-7(5-13-14)8(15)4-9(16)10-2-3-11(12)17-10/h2-3,5-6H,4H2,1H3. The summed E-state index contributed by atoms with van der Waals surface area (Å²) in [5.74, 6) is -0.359. The second-order valence-electron chi connectivity index (χ2n) is 3.53. The van der Waals surface area contributed by atoms with E-state index in [2.05, 4.69) is 21.0 Å². The van der Waals surface area contributed by atoms with E-state index >= 15 is 0 Å². The topological polar surface area (TPSA) is 52.0 Å². The highest BCUT2D eigenvalue weighted by Crippen LogP contribution is 2.23. The summed E-state index contributed by atoms with van der Waals surface area (Å²) in [6.07, 6.45) is 2.97. The van der Waals surface area contributed by atoms with Crippen LogP contribution in [0.15, 0.2) is 28.3 Å². The highest BCUT2D eigenvalue weighted by molar-refractivity contribution is 9.11. The van der Waals surface area contributed by atoms with Crippen molar-refractivity contribution in [1.82, 2.24) is 9.78 Å². The molecule has 0 spiro atoms. The number of nitrogens with zero attached hydrogens (tertiary/aromatic N) is 2. The van der Waals surface area contributed by atoms with Gasteiger partial charge in [0.15, 0.2) is 11.6 Å². The minimum atomic E-state index is -0.201. The highest BCUT2D eigenvalue weighted by atomic mass is 79.9. The second kappa shape index (κ2) is 4.93. The predicted molar refractivity (Wildman–Crippen MR) is 68.5 cm³/mol. The van der Waals surface area contributed by atoms with E-state index in [-0.39, 0.29) is 18.0 Å². The van der Waals surface area contributed by atoms with Crippen molar-refractivity contribution in [3.63, 3.8) is 0 Å². The largest absolute Gasteiger partial charge is 0.294 e. The fourth-order valence-electron chi connectivity index (χ4n) is 1.36. The molecule has 0 radical (unpaired) electrons. The van der Waals surface area contributed by atoms with Crippen LogP contribution in [0.4, 0.5) is 0 Å². The number of aromatic nitrogens is 2. The molecule has 4 nitrogen and oxygen atoms in total. The molecule has 6 heteroatoms. The Labute approximate surface area is 110 Å². The van der Waals surface area contributed by atoms with Crippen molar-refractivity contribution in [3.8, 4) is 0 Å². The molecular weight excluding hydrogens is 304 g/mol. The van der Waals surface area contributed by atoms with Crippen LogP contribution < -0.4 is 0 Å². The van der Waals surface area contributed by atoms with E-state index in [9.17, 15) is 9.59 Å². The van der Waals surface area contributed by atoms with Gasteiger partial charge in [-0.1, -0.05) is 0 Å². The van der Waals surface area contributed by atoms with Gasteiger partial charge in [-0.3, -0.25) is 14.3 Å². The van der Waals surface area contributed by atoms with Gasteiger partial charge >= 0.3 is 0 Å². The molecule has 0 bridgehead atoms. The smallest absolute Gasteiger partial charge is 0.180 e. The maximum absolute atomic E-state index is 11.8. The number of hydrogen-bond acceptors (Lipinski definition) is 4. The molecule has 0 fully saturated rings. The number of carbonyl (C=O) groups excluding carboxylic acids is 2. The molecule has 0 N–H and O–H groups in total. The third kappa shape index (κ3) is 2.89. The first-order valence-electron chi connectivity index (χ1n) is 4.86. The van der Waals surface area contributed by atoms with Crippen molar-refractivity contribution in [3.05, 3.63) is 38.8 Å². The zero-order valence-corrected chi connectivity index (χ0v) is 11.4. The molecule has 0 saturated carbocycles. The lowest BCUT2D eigenvalue weighted by atomic mass is 10.1. The van der Waals surface area contributed by atoms with Gasteiger partial charge in [0.05, 0.1) is 26.8 Å². The maximum atomic E-state index is 11.8. The van der Waals surface area contributed by atoms with Crippen LogP contribution in [0, 0.1) is 0 Å². The molecule has 0 atom stereocenters. The van der Waals surface area contributed by atoms with Crippen LogP contribution in [0.25, 0.3) is 0 Å². The SMILES string of the molecule is Cn1cc(C(=O)CC(=O)c2ccc(Br)s2)cn1. The van der Waals surface area contributed by atoms with E-state index in [1.165, 1.54) is 17.5 Å². The quantitative estimate of drug-likeness (QED) is 0.644. The van der Waals surface area contributed by atoms with Crippen LogP contribution in [0.2, 0.25) is 0 Å². The Morgan fingerprint density at radius 2 is 2.18 bits per heavy atom. The second-order valence-corrected chi connectivity index (χ2v) is 5.99. The number of rotatable bonds is 4. The van der Waals surface area contributed by atoms with Gasteiger partial charge in [-0.15, -0.1) is 11.3 Å². The van der Waals surface area contributed by atoms with Gasteiger partial charge in [0.2, 0.25) is 0 Å². The van der Waals surface area contributed by atoms with Crippen LogP contribution in [0.1, 0.15) is 26.5 Å². The number of halogens is 1. The van der Waals surface area contributed by atoms with Crippen molar-refractivity contribution in [2.45, 2.75) is 6.42 Å². The van der Waals surface area contributed by atoms with Crippen molar-refractivity contribution in [2.75, 3.05) is 0 Å². The van der Waals surface area contributed by atoms with Crippen LogP contribution >= 0.6 is 27.3 Å². The molecule has 0 amide bonds. The number of aryl methyl sites for hydroxylation is 1. The molecule has 2 rings (SSSR count). The van der Waals surface area contributed by atoms with Gasteiger partial charge in [-0.2, -0.15) is 5.10 Å². The Kier molecular flexibility index (Phi) is 3.54. The number of carbonyl (C=O) groups is 2. The summed E-state index contributed by atoms with van der Waals surface area (Å²) in [6, 6.07) is 3.51. The van der Waals surface area contributed by atoms with Gasteiger partial charge < -0.3 is 0 Å². The van der Waals surface area contributed by atoms with Crippen LogP contribution in [0.5, 0.6) is 0 Å². The van der Waals surface area contributed by atoms with Gasteiger partial charge in [0.1, 0.15) is 0 Å². The van der Waals surface area contributed by atoms with Crippen molar-refractivity contribution in [1.29, 1.82) is 0 Å². The molecule has 2 aromatic heterocycles. The number of Topliss-reactive ketones (excluding diaryl/α,β-unsaturated/α-hetero) is 2. The maximum Gasteiger partial charge on any atom is 0.180 e. The van der Waals surface area contributed by atoms with E-state index in [4.69, 9.17) is 0 Å². The molecule has 0 aromatic carbocycles. The highest BCUT2D eigenvalue weighted by Gasteiger charge is 2.16. The summed E-state index contributed by atoms with van der Waals surface area (Å²) in [5.41, 5.74) is 0.469. The number of hydrogen-bond donors (Lipinski definition) is 0. The third-order valence-corrected chi connectivity index (χ3v) is 3.86. The molecule has 17 heavy (non-hydrogen) atoms. The Balaban J connectivity index is 2.07. The van der Waals surface area contributed by atoms with Gasteiger partial charge in [0, 0.05) is 13.2 Å². The molecule has 2 aromatic rings.